The van der Waals surface area contributed by atoms with Crippen LogP contribution in [-0.2, 0) is 0 Å². The highest BCUT2D eigenvalue weighted by atomic mass is 35.5. The molecule has 4 heteroatoms. The van der Waals surface area contributed by atoms with Crippen LogP contribution in [0.15, 0.2) is 22.9 Å². The zero-order valence-electron chi connectivity index (χ0n) is 4.91. The summed E-state index contributed by atoms with van der Waals surface area (Å²) in [4.78, 5) is 7.71. The van der Waals surface area contributed by atoms with E-state index in [1.807, 2.05) is 0 Å². The van der Waals surface area contributed by atoms with E-state index in [1.54, 1.807) is 18.5 Å². The molecule has 0 unspecified atom stereocenters. The van der Waals surface area contributed by atoms with Gasteiger partial charge >= 0.3 is 0 Å². The van der Waals surface area contributed by atoms with Gasteiger partial charge in [0.25, 0.3) is 5.35 Å². The van der Waals surface area contributed by atoms with Gasteiger partial charge in [0.2, 0.25) is 0 Å². The fourth-order valence-corrected chi connectivity index (χ4v) is 0.926. The van der Waals surface area contributed by atoms with Crippen molar-refractivity contribution in [3.05, 3.63) is 23.8 Å². The minimum Gasteiger partial charge on any atom is -0.426 e. The van der Waals surface area contributed by atoms with Crippen molar-refractivity contribution in [2.75, 3.05) is 0 Å². The highest BCUT2D eigenvalue weighted by Gasteiger charge is 1.99. The normalized spacial score (nSPS) is 10.5. The molecule has 0 fully saturated rings. The van der Waals surface area contributed by atoms with E-state index in [9.17, 15) is 0 Å². The fourth-order valence-electron chi connectivity index (χ4n) is 0.752. The predicted octanol–water partition coefficient (Wildman–Crippen LogP) is 1.88. The molecule has 0 N–H and O–H groups in total. The van der Waals surface area contributed by atoms with Crippen molar-refractivity contribution < 1.29 is 4.42 Å². The topological polar surface area (TPSA) is 38.9 Å². The third kappa shape index (κ3) is 0.752. The van der Waals surface area contributed by atoms with Crippen molar-refractivity contribution in [1.29, 1.82) is 0 Å². The summed E-state index contributed by atoms with van der Waals surface area (Å²) in [5.74, 6) is 0. The maximum Gasteiger partial charge on any atom is 0.293 e. The lowest BCUT2D eigenvalue weighted by atomic mass is 10.4. The molecule has 0 bridgehead atoms. The van der Waals surface area contributed by atoms with Gasteiger partial charge in [-0.05, 0) is 17.7 Å². The van der Waals surface area contributed by atoms with Crippen molar-refractivity contribution in [2.24, 2.45) is 0 Å². The number of pyridine rings is 1. The lowest BCUT2D eigenvalue weighted by Gasteiger charge is -1.78. The van der Waals surface area contributed by atoms with Crippen LogP contribution in [0.1, 0.15) is 0 Å². The number of hydrogen-bond acceptors (Lipinski definition) is 3. The van der Waals surface area contributed by atoms with Crippen LogP contribution in [0, 0.1) is 0 Å². The molecule has 2 aromatic heterocycles. The Labute approximate surface area is 61.6 Å². The highest BCUT2D eigenvalue weighted by Crippen LogP contribution is 2.16. The first-order chi connectivity index (χ1) is 4.86. The Kier molecular flexibility index (Phi) is 1.11. The summed E-state index contributed by atoms with van der Waals surface area (Å²) in [6, 6.07) is 1.74. The first kappa shape index (κ1) is 5.68. The molecule has 3 nitrogen and oxygen atoms in total. The maximum atomic E-state index is 5.48. The molecular weight excluding hydrogens is 152 g/mol. The third-order valence-electron chi connectivity index (χ3n) is 1.17. The summed E-state index contributed by atoms with van der Waals surface area (Å²) >= 11 is 5.48. The molecule has 2 aromatic rings. The van der Waals surface area contributed by atoms with E-state index >= 15 is 0 Å². The SMILES string of the molecule is Clc1nc2ccncc2o1. The summed E-state index contributed by atoms with van der Waals surface area (Å²) in [5, 5.41) is 0.156. The number of nitrogens with zero attached hydrogens (tertiary/aromatic N) is 2. The average molecular weight is 155 g/mol. The summed E-state index contributed by atoms with van der Waals surface area (Å²) in [6.07, 6.45) is 3.22. The number of halogens is 1. The zero-order valence-corrected chi connectivity index (χ0v) is 5.67. The van der Waals surface area contributed by atoms with Crippen LogP contribution in [0.3, 0.4) is 0 Å². The molecular formula is C6H3ClN2O. The predicted molar refractivity (Wildman–Crippen MR) is 36.8 cm³/mol. The first-order valence-electron chi connectivity index (χ1n) is 2.72. The Morgan fingerprint density at radius 1 is 1.50 bits per heavy atom. The summed E-state index contributed by atoms with van der Waals surface area (Å²) in [5.41, 5.74) is 1.35. The average Bonchev–Trinajstić information content (AvgIpc) is 2.27. The van der Waals surface area contributed by atoms with Gasteiger partial charge in [0.05, 0.1) is 6.20 Å². The maximum absolute atomic E-state index is 5.48. The lowest BCUT2D eigenvalue weighted by Crippen LogP contribution is -1.68. The molecule has 50 valence electrons. The van der Waals surface area contributed by atoms with E-state index in [-0.39, 0.29) is 5.35 Å². The number of fused-ring (bicyclic) bond motifs is 1. The molecule has 0 amide bonds. The van der Waals surface area contributed by atoms with Gasteiger partial charge in [-0.3, -0.25) is 4.98 Å². The van der Waals surface area contributed by atoms with E-state index < -0.39 is 0 Å². The van der Waals surface area contributed by atoms with Crippen LogP contribution in [0.5, 0.6) is 0 Å². The molecule has 0 saturated carbocycles. The molecule has 0 aromatic carbocycles. The Morgan fingerprint density at radius 3 is 3.20 bits per heavy atom. The molecule has 10 heavy (non-hydrogen) atoms. The molecule has 0 aliphatic rings. The minimum atomic E-state index is 0.156. The molecule has 2 rings (SSSR count). The Hall–Kier alpha value is -1.09. The second kappa shape index (κ2) is 1.95. The molecule has 0 radical (unpaired) electrons. The lowest BCUT2D eigenvalue weighted by molar-refractivity contribution is 0.603. The van der Waals surface area contributed by atoms with Crippen LogP contribution < -0.4 is 0 Å². The second-order valence-corrected chi connectivity index (χ2v) is 2.13. The summed E-state index contributed by atoms with van der Waals surface area (Å²) in [7, 11) is 0. The van der Waals surface area contributed by atoms with E-state index in [4.69, 9.17) is 16.0 Å². The van der Waals surface area contributed by atoms with Gasteiger partial charge in [-0.15, -0.1) is 0 Å². The van der Waals surface area contributed by atoms with Gasteiger partial charge in [0, 0.05) is 6.20 Å². The Balaban J connectivity index is 2.88. The number of aromatic nitrogens is 2. The van der Waals surface area contributed by atoms with Crippen molar-refractivity contribution >= 4 is 22.7 Å². The quantitative estimate of drug-likeness (QED) is 0.582. The van der Waals surface area contributed by atoms with Crippen molar-refractivity contribution in [3.63, 3.8) is 0 Å². The molecule has 0 aliphatic heterocycles. The monoisotopic (exact) mass is 154 g/mol. The van der Waals surface area contributed by atoms with Crippen LogP contribution in [0.4, 0.5) is 0 Å². The molecule has 0 atom stereocenters. The number of hydrogen-bond donors (Lipinski definition) is 0. The van der Waals surface area contributed by atoms with Crippen molar-refractivity contribution in [1.82, 2.24) is 9.97 Å². The Morgan fingerprint density at radius 2 is 2.40 bits per heavy atom. The zero-order chi connectivity index (χ0) is 6.97. The van der Waals surface area contributed by atoms with E-state index in [1.165, 1.54) is 0 Å². The molecule has 0 saturated heterocycles. The number of rotatable bonds is 0. The van der Waals surface area contributed by atoms with Crippen LogP contribution in [0.25, 0.3) is 11.1 Å². The molecule has 2 heterocycles. The van der Waals surface area contributed by atoms with E-state index in [0.29, 0.717) is 5.58 Å². The standard InChI is InChI=1S/C6H3ClN2O/c7-6-9-4-1-2-8-3-5(4)10-6/h1-3H. The molecule has 0 spiro atoms. The van der Waals surface area contributed by atoms with Crippen molar-refractivity contribution in [2.45, 2.75) is 0 Å². The van der Waals surface area contributed by atoms with Crippen molar-refractivity contribution in [3.8, 4) is 0 Å². The minimum absolute atomic E-state index is 0.156. The van der Waals surface area contributed by atoms with Gasteiger partial charge in [0.1, 0.15) is 5.52 Å². The first-order valence-corrected chi connectivity index (χ1v) is 3.10. The highest BCUT2D eigenvalue weighted by molar-refractivity contribution is 6.28. The van der Waals surface area contributed by atoms with Crippen LogP contribution in [0.2, 0.25) is 5.35 Å². The van der Waals surface area contributed by atoms with Gasteiger partial charge in [-0.2, -0.15) is 4.98 Å². The summed E-state index contributed by atoms with van der Waals surface area (Å²) in [6.45, 7) is 0. The van der Waals surface area contributed by atoms with E-state index in [0.717, 1.165) is 5.52 Å². The van der Waals surface area contributed by atoms with Gasteiger partial charge in [-0.25, -0.2) is 0 Å². The van der Waals surface area contributed by atoms with Crippen LogP contribution in [-0.4, -0.2) is 9.97 Å². The smallest absolute Gasteiger partial charge is 0.293 e. The van der Waals surface area contributed by atoms with E-state index in [2.05, 4.69) is 9.97 Å². The fraction of sp³-hybridized carbons (Fsp3) is 0. The van der Waals surface area contributed by atoms with Gasteiger partial charge in [-0.1, -0.05) is 0 Å². The Bertz CT molecular complexity index is 324. The second-order valence-electron chi connectivity index (χ2n) is 1.81. The van der Waals surface area contributed by atoms with Gasteiger partial charge in [0.15, 0.2) is 5.58 Å². The number of oxazole rings is 1. The molecule has 0 aliphatic carbocycles. The third-order valence-corrected chi connectivity index (χ3v) is 1.33. The summed E-state index contributed by atoms with van der Waals surface area (Å²) < 4.78 is 4.96. The van der Waals surface area contributed by atoms with Crippen LogP contribution >= 0.6 is 11.6 Å². The largest absolute Gasteiger partial charge is 0.426 e. The van der Waals surface area contributed by atoms with Gasteiger partial charge < -0.3 is 4.42 Å².